The van der Waals surface area contributed by atoms with E-state index in [1.54, 1.807) is 36.4 Å². The van der Waals surface area contributed by atoms with E-state index in [-0.39, 0.29) is 11.3 Å². The predicted octanol–water partition coefficient (Wildman–Crippen LogP) is 7.07. The van der Waals surface area contributed by atoms with E-state index in [1.807, 2.05) is 26.0 Å². The molecule has 0 saturated carbocycles. The number of rotatable bonds is 12. The molecule has 1 aliphatic heterocycles. The number of carbonyl (C=O) groups is 1. The quantitative estimate of drug-likeness (QED) is 0.240. The molecule has 0 atom stereocenters. The number of hydrogen-bond donors (Lipinski definition) is 2. The Morgan fingerprint density at radius 2 is 1.54 bits per heavy atom. The number of halogens is 3. The standard InChI is InChI=1S/C31H35F3N2O5/c1-3-39-27-17-22(18-28(40-4-2)29(27)23-7-11-26(12-8-23)41-31(32,33)34)20-36-15-13-21(14-16-36)19-35-25-9-5-24(6-10-25)30(37)38/h5-12,17-18,21,35H,3-4,13-16,19-20H2,1-2H3,(H,37,38). The van der Waals surface area contributed by atoms with Crippen LogP contribution in [0.5, 0.6) is 17.2 Å². The molecule has 0 amide bonds. The molecule has 1 heterocycles. The summed E-state index contributed by atoms with van der Waals surface area (Å²) in [7, 11) is 0. The van der Waals surface area contributed by atoms with Crippen molar-refractivity contribution in [2.75, 3.05) is 38.2 Å². The number of hydrogen-bond acceptors (Lipinski definition) is 6. The second kappa shape index (κ2) is 13.6. The first-order valence-electron chi connectivity index (χ1n) is 13.7. The Morgan fingerprint density at radius 3 is 2.05 bits per heavy atom. The third kappa shape index (κ3) is 8.53. The second-order valence-electron chi connectivity index (χ2n) is 9.89. The number of nitrogens with zero attached hydrogens (tertiary/aromatic N) is 1. The van der Waals surface area contributed by atoms with Gasteiger partial charge in [0.1, 0.15) is 17.2 Å². The highest BCUT2D eigenvalue weighted by atomic mass is 19.4. The summed E-state index contributed by atoms with van der Waals surface area (Å²) in [6, 6.07) is 16.5. The van der Waals surface area contributed by atoms with Crippen LogP contribution in [0.3, 0.4) is 0 Å². The lowest BCUT2D eigenvalue weighted by Crippen LogP contribution is -2.35. The fraction of sp³-hybridized carbons (Fsp3) is 0.387. The molecule has 0 aliphatic carbocycles. The lowest BCUT2D eigenvalue weighted by molar-refractivity contribution is -0.274. The van der Waals surface area contributed by atoms with Gasteiger partial charge in [0, 0.05) is 18.8 Å². The molecule has 10 heteroatoms. The predicted molar refractivity (Wildman–Crippen MR) is 151 cm³/mol. The van der Waals surface area contributed by atoms with E-state index < -0.39 is 12.3 Å². The van der Waals surface area contributed by atoms with Crippen molar-refractivity contribution in [3.8, 4) is 28.4 Å². The Bertz CT molecular complexity index is 1260. The van der Waals surface area contributed by atoms with E-state index in [9.17, 15) is 18.0 Å². The fourth-order valence-electron chi connectivity index (χ4n) is 4.98. The molecule has 1 aliphatic rings. The molecule has 0 radical (unpaired) electrons. The van der Waals surface area contributed by atoms with Crippen LogP contribution >= 0.6 is 0 Å². The molecule has 1 fully saturated rings. The lowest BCUT2D eigenvalue weighted by atomic mass is 9.95. The summed E-state index contributed by atoms with van der Waals surface area (Å²) in [4.78, 5) is 13.4. The number of ether oxygens (including phenoxy) is 3. The summed E-state index contributed by atoms with van der Waals surface area (Å²) >= 11 is 0. The molecule has 1 saturated heterocycles. The molecule has 41 heavy (non-hydrogen) atoms. The monoisotopic (exact) mass is 572 g/mol. The van der Waals surface area contributed by atoms with Gasteiger partial charge in [-0.15, -0.1) is 13.2 Å². The van der Waals surface area contributed by atoms with E-state index in [1.165, 1.54) is 12.1 Å². The summed E-state index contributed by atoms with van der Waals surface area (Å²) in [5, 5.41) is 12.5. The van der Waals surface area contributed by atoms with Crippen molar-refractivity contribution in [3.05, 3.63) is 71.8 Å². The van der Waals surface area contributed by atoms with Crippen molar-refractivity contribution in [1.82, 2.24) is 4.90 Å². The van der Waals surface area contributed by atoms with Crippen molar-refractivity contribution in [2.45, 2.75) is 39.6 Å². The Labute approximate surface area is 237 Å². The van der Waals surface area contributed by atoms with Gasteiger partial charge in [-0.3, -0.25) is 4.90 Å². The minimum atomic E-state index is -4.75. The first kappa shape index (κ1) is 30.0. The summed E-state index contributed by atoms with van der Waals surface area (Å²) < 4.78 is 53.8. The van der Waals surface area contributed by atoms with Crippen LogP contribution in [0.1, 0.15) is 42.6 Å². The Hall–Kier alpha value is -3.92. The van der Waals surface area contributed by atoms with Crippen molar-refractivity contribution < 1.29 is 37.3 Å². The number of aromatic carboxylic acids is 1. The third-order valence-corrected chi connectivity index (χ3v) is 6.94. The summed E-state index contributed by atoms with van der Waals surface area (Å²) in [6.45, 7) is 8.03. The highest BCUT2D eigenvalue weighted by Crippen LogP contribution is 2.41. The number of benzene rings is 3. The zero-order chi connectivity index (χ0) is 29.4. The van der Waals surface area contributed by atoms with Crippen molar-refractivity contribution in [1.29, 1.82) is 0 Å². The number of carboxylic acid groups (broad SMARTS) is 1. The van der Waals surface area contributed by atoms with Crippen molar-refractivity contribution in [3.63, 3.8) is 0 Å². The van der Waals surface area contributed by atoms with Crippen LogP contribution in [0.25, 0.3) is 11.1 Å². The van der Waals surface area contributed by atoms with Crippen LogP contribution in [-0.4, -0.2) is 55.2 Å². The Kier molecular flexibility index (Phi) is 9.99. The number of anilines is 1. The second-order valence-corrected chi connectivity index (χ2v) is 9.89. The van der Waals surface area contributed by atoms with Crippen molar-refractivity contribution in [2.24, 2.45) is 5.92 Å². The molecule has 0 spiro atoms. The highest BCUT2D eigenvalue weighted by Gasteiger charge is 2.31. The molecule has 0 aromatic heterocycles. The summed E-state index contributed by atoms with van der Waals surface area (Å²) in [5.41, 5.74) is 3.58. The van der Waals surface area contributed by atoms with Crippen molar-refractivity contribution >= 4 is 11.7 Å². The smallest absolute Gasteiger partial charge is 0.493 e. The van der Waals surface area contributed by atoms with Crippen LogP contribution in [0.15, 0.2) is 60.7 Å². The van der Waals surface area contributed by atoms with Gasteiger partial charge in [0.05, 0.1) is 24.3 Å². The van der Waals surface area contributed by atoms with E-state index in [4.69, 9.17) is 14.6 Å². The van der Waals surface area contributed by atoms with Crippen LogP contribution in [0.4, 0.5) is 18.9 Å². The fourth-order valence-corrected chi connectivity index (χ4v) is 4.98. The maximum atomic E-state index is 12.6. The minimum absolute atomic E-state index is 0.269. The van der Waals surface area contributed by atoms with Gasteiger partial charge in [-0.1, -0.05) is 12.1 Å². The van der Waals surface area contributed by atoms with E-state index in [2.05, 4.69) is 15.0 Å². The number of carboxylic acids is 1. The van der Waals surface area contributed by atoms with Crippen LogP contribution in [0, 0.1) is 5.92 Å². The summed E-state index contributed by atoms with van der Waals surface area (Å²) in [6.07, 6.45) is -2.70. The zero-order valence-electron chi connectivity index (χ0n) is 23.2. The SMILES string of the molecule is CCOc1cc(CN2CCC(CNc3ccc(C(=O)O)cc3)CC2)cc(OCC)c1-c1ccc(OC(F)(F)F)cc1. The van der Waals surface area contributed by atoms with Crippen LogP contribution in [0.2, 0.25) is 0 Å². The van der Waals surface area contributed by atoms with Gasteiger partial charge in [-0.25, -0.2) is 4.79 Å². The van der Waals surface area contributed by atoms with Gasteiger partial charge >= 0.3 is 12.3 Å². The molecule has 220 valence electrons. The minimum Gasteiger partial charge on any atom is -0.493 e. The maximum Gasteiger partial charge on any atom is 0.573 e. The average molecular weight is 573 g/mol. The first-order chi connectivity index (χ1) is 19.6. The largest absolute Gasteiger partial charge is 0.573 e. The number of likely N-dealkylation sites (tertiary alicyclic amines) is 1. The molecule has 3 aromatic rings. The van der Waals surface area contributed by atoms with E-state index >= 15 is 0 Å². The number of alkyl halides is 3. The van der Waals surface area contributed by atoms with Gasteiger partial charge in [0.15, 0.2) is 0 Å². The zero-order valence-corrected chi connectivity index (χ0v) is 23.2. The van der Waals surface area contributed by atoms with Gasteiger partial charge in [0.25, 0.3) is 0 Å². The lowest BCUT2D eigenvalue weighted by Gasteiger charge is -2.32. The maximum absolute atomic E-state index is 12.6. The van der Waals surface area contributed by atoms with Gasteiger partial charge in [0.2, 0.25) is 0 Å². The Balaban J connectivity index is 1.41. The molecular formula is C31H35F3N2O5. The number of piperidine rings is 1. The molecule has 4 rings (SSSR count). The van der Waals surface area contributed by atoms with Gasteiger partial charge in [-0.05, 0) is 105 Å². The molecule has 3 aromatic carbocycles. The third-order valence-electron chi connectivity index (χ3n) is 6.94. The topological polar surface area (TPSA) is 80.3 Å². The molecular weight excluding hydrogens is 537 g/mol. The van der Waals surface area contributed by atoms with Gasteiger partial charge in [-0.2, -0.15) is 0 Å². The molecule has 0 bridgehead atoms. The molecule has 0 unspecified atom stereocenters. The van der Waals surface area contributed by atoms with Gasteiger partial charge < -0.3 is 24.6 Å². The van der Waals surface area contributed by atoms with E-state index in [0.717, 1.165) is 50.3 Å². The molecule has 7 nitrogen and oxygen atoms in total. The summed E-state index contributed by atoms with van der Waals surface area (Å²) in [5.74, 6) is 0.518. The molecule has 2 N–H and O–H groups in total. The average Bonchev–Trinajstić information content (AvgIpc) is 2.93. The van der Waals surface area contributed by atoms with Crippen LogP contribution < -0.4 is 19.5 Å². The highest BCUT2D eigenvalue weighted by molar-refractivity contribution is 5.88. The first-order valence-corrected chi connectivity index (χ1v) is 13.7. The number of nitrogens with one attached hydrogen (secondary N) is 1. The van der Waals surface area contributed by atoms with E-state index in [0.29, 0.717) is 41.8 Å². The Morgan fingerprint density at radius 1 is 0.951 bits per heavy atom. The van der Waals surface area contributed by atoms with Crippen LogP contribution in [-0.2, 0) is 6.54 Å². The normalized spacial score (nSPS) is 14.5.